The molecule has 1 unspecified atom stereocenters. The zero-order chi connectivity index (χ0) is 13.7. The van der Waals surface area contributed by atoms with Crippen LogP contribution in [0.1, 0.15) is 48.0 Å². The van der Waals surface area contributed by atoms with Crippen LogP contribution in [0.3, 0.4) is 0 Å². The number of amides is 1. The number of piperidine rings is 1. The smallest absolute Gasteiger partial charge is 0.251 e. The first-order valence-corrected chi connectivity index (χ1v) is 7.10. The summed E-state index contributed by atoms with van der Waals surface area (Å²) in [6, 6.07) is 5.44. The van der Waals surface area contributed by atoms with E-state index in [4.69, 9.17) is 10.2 Å². The summed E-state index contributed by atoms with van der Waals surface area (Å²) in [5.74, 6) is 0.213. The van der Waals surface area contributed by atoms with Crippen LogP contribution >= 0.6 is 0 Å². The van der Waals surface area contributed by atoms with Crippen LogP contribution in [0.2, 0.25) is 0 Å². The van der Waals surface area contributed by atoms with Crippen LogP contribution in [0.4, 0.5) is 0 Å². The lowest BCUT2D eigenvalue weighted by molar-refractivity contribution is 0.100. The molecule has 1 amide bonds. The van der Waals surface area contributed by atoms with E-state index in [1.807, 2.05) is 6.07 Å². The predicted molar refractivity (Wildman–Crippen MR) is 74.2 cm³/mol. The molecule has 1 spiro atoms. The van der Waals surface area contributed by atoms with Crippen molar-refractivity contribution in [1.82, 2.24) is 10.3 Å². The first kappa shape index (κ1) is 11.9. The number of benzene rings is 1. The Hall–Kier alpha value is -1.88. The monoisotopic (exact) mass is 271 g/mol. The van der Waals surface area contributed by atoms with Crippen LogP contribution in [0.25, 0.3) is 11.1 Å². The van der Waals surface area contributed by atoms with Crippen molar-refractivity contribution in [3.05, 3.63) is 29.7 Å². The molecule has 1 aliphatic carbocycles. The molecule has 2 heterocycles. The van der Waals surface area contributed by atoms with E-state index in [0.717, 1.165) is 13.0 Å². The molecule has 2 aliphatic rings. The fourth-order valence-electron chi connectivity index (χ4n) is 3.24. The molecule has 1 saturated heterocycles. The van der Waals surface area contributed by atoms with E-state index in [0.29, 0.717) is 28.0 Å². The van der Waals surface area contributed by atoms with Crippen LogP contribution < -0.4 is 11.1 Å². The topological polar surface area (TPSA) is 81.2 Å². The SMILES string of the molecule is NC(=O)c1cccc2oc(C3CC4(CCN3)CC4)nc12. The van der Waals surface area contributed by atoms with Crippen LogP contribution in [0.15, 0.2) is 22.6 Å². The maximum Gasteiger partial charge on any atom is 0.251 e. The standard InChI is InChI=1S/C15H17N3O2/c16-13(19)9-2-1-3-11-12(9)18-14(20-11)10-8-15(4-5-15)6-7-17-10/h1-3,10,17H,4-8H2,(H2,16,19). The van der Waals surface area contributed by atoms with Crippen LogP contribution in [-0.2, 0) is 0 Å². The maximum atomic E-state index is 11.4. The number of fused-ring (bicyclic) bond motifs is 1. The summed E-state index contributed by atoms with van der Waals surface area (Å²) >= 11 is 0. The lowest BCUT2D eigenvalue weighted by Gasteiger charge is -2.28. The van der Waals surface area contributed by atoms with Gasteiger partial charge in [-0.3, -0.25) is 4.79 Å². The number of para-hydroxylation sites is 1. The van der Waals surface area contributed by atoms with Crippen LogP contribution in [0.5, 0.6) is 0 Å². The van der Waals surface area contributed by atoms with E-state index in [2.05, 4.69) is 10.3 Å². The van der Waals surface area contributed by atoms with Crippen molar-refractivity contribution in [2.75, 3.05) is 6.54 Å². The van der Waals surface area contributed by atoms with Crippen LogP contribution in [-0.4, -0.2) is 17.4 Å². The summed E-state index contributed by atoms with van der Waals surface area (Å²) in [7, 11) is 0. The maximum absolute atomic E-state index is 11.4. The molecule has 20 heavy (non-hydrogen) atoms. The minimum atomic E-state index is -0.467. The molecule has 4 rings (SSSR count). The highest BCUT2D eigenvalue weighted by atomic mass is 16.3. The molecule has 2 fully saturated rings. The van der Waals surface area contributed by atoms with Gasteiger partial charge in [0.05, 0.1) is 11.6 Å². The lowest BCUT2D eigenvalue weighted by Crippen LogP contribution is -2.32. The number of primary amides is 1. The van der Waals surface area contributed by atoms with E-state index in [1.165, 1.54) is 19.3 Å². The third-order valence-corrected chi connectivity index (χ3v) is 4.64. The average Bonchev–Trinajstić information content (AvgIpc) is 3.04. The highest BCUT2D eigenvalue weighted by Crippen LogP contribution is 2.56. The minimum absolute atomic E-state index is 0.152. The summed E-state index contributed by atoms with van der Waals surface area (Å²) in [4.78, 5) is 16.0. The number of carbonyl (C=O) groups excluding carboxylic acids is 1. The number of nitrogens with zero attached hydrogens (tertiary/aromatic N) is 1. The van der Waals surface area contributed by atoms with Crippen molar-refractivity contribution in [3.8, 4) is 0 Å². The Balaban J connectivity index is 1.73. The van der Waals surface area contributed by atoms with Gasteiger partial charge in [0.15, 0.2) is 5.58 Å². The molecular formula is C15H17N3O2. The Morgan fingerprint density at radius 2 is 2.25 bits per heavy atom. The van der Waals surface area contributed by atoms with E-state index >= 15 is 0 Å². The molecule has 0 radical (unpaired) electrons. The van der Waals surface area contributed by atoms with Crippen LogP contribution in [0, 0.1) is 5.41 Å². The molecule has 0 bridgehead atoms. The Morgan fingerprint density at radius 1 is 1.40 bits per heavy atom. The molecule has 1 atom stereocenters. The molecule has 104 valence electrons. The van der Waals surface area contributed by atoms with Crippen molar-refractivity contribution >= 4 is 17.0 Å². The number of carbonyl (C=O) groups is 1. The Morgan fingerprint density at radius 3 is 3.00 bits per heavy atom. The molecule has 5 heteroatoms. The Labute approximate surface area is 116 Å². The number of hydrogen-bond donors (Lipinski definition) is 2. The number of aromatic nitrogens is 1. The number of hydrogen-bond acceptors (Lipinski definition) is 4. The van der Waals surface area contributed by atoms with Crippen molar-refractivity contribution in [2.24, 2.45) is 11.1 Å². The zero-order valence-electron chi connectivity index (χ0n) is 11.2. The van der Waals surface area contributed by atoms with Gasteiger partial charge in [0.2, 0.25) is 5.89 Å². The first-order valence-electron chi connectivity index (χ1n) is 7.10. The quantitative estimate of drug-likeness (QED) is 0.876. The lowest BCUT2D eigenvalue weighted by atomic mass is 9.89. The molecule has 1 aromatic carbocycles. The zero-order valence-corrected chi connectivity index (χ0v) is 11.2. The summed E-state index contributed by atoms with van der Waals surface area (Å²) in [6.45, 7) is 1.01. The second-order valence-electron chi connectivity index (χ2n) is 6.03. The number of rotatable bonds is 2. The molecule has 3 N–H and O–H groups in total. The van der Waals surface area contributed by atoms with Gasteiger partial charge in [0, 0.05) is 0 Å². The molecule has 1 saturated carbocycles. The summed E-state index contributed by atoms with van der Waals surface area (Å²) < 4.78 is 5.84. The summed E-state index contributed by atoms with van der Waals surface area (Å²) in [5, 5.41) is 3.47. The molecule has 1 aliphatic heterocycles. The highest BCUT2D eigenvalue weighted by Gasteiger charge is 2.47. The summed E-state index contributed by atoms with van der Waals surface area (Å²) in [5.41, 5.74) is 7.54. The van der Waals surface area contributed by atoms with Gasteiger partial charge in [-0.1, -0.05) is 6.07 Å². The normalized spacial score (nSPS) is 24.1. The van der Waals surface area contributed by atoms with E-state index in [9.17, 15) is 4.79 Å². The fraction of sp³-hybridized carbons (Fsp3) is 0.467. The number of nitrogens with two attached hydrogens (primary N) is 1. The predicted octanol–water partition coefficient (Wildman–Crippen LogP) is 2.13. The summed E-state index contributed by atoms with van der Waals surface area (Å²) in [6.07, 6.45) is 4.96. The number of oxazole rings is 1. The molecule has 5 nitrogen and oxygen atoms in total. The first-order chi connectivity index (χ1) is 9.67. The van der Waals surface area contributed by atoms with Crippen molar-refractivity contribution in [2.45, 2.75) is 31.7 Å². The van der Waals surface area contributed by atoms with Gasteiger partial charge in [0.1, 0.15) is 5.52 Å². The fourth-order valence-corrected chi connectivity index (χ4v) is 3.24. The van der Waals surface area contributed by atoms with Gasteiger partial charge in [-0.25, -0.2) is 4.98 Å². The van der Waals surface area contributed by atoms with Crippen molar-refractivity contribution in [1.29, 1.82) is 0 Å². The molecule has 2 aromatic rings. The third-order valence-electron chi connectivity index (χ3n) is 4.64. The second kappa shape index (κ2) is 4.06. The van der Waals surface area contributed by atoms with E-state index < -0.39 is 5.91 Å². The molecular weight excluding hydrogens is 254 g/mol. The average molecular weight is 271 g/mol. The Bertz CT molecular complexity index is 687. The van der Waals surface area contributed by atoms with Crippen molar-refractivity contribution in [3.63, 3.8) is 0 Å². The van der Waals surface area contributed by atoms with Gasteiger partial charge < -0.3 is 15.5 Å². The number of nitrogens with one attached hydrogen (secondary N) is 1. The van der Waals surface area contributed by atoms with E-state index in [-0.39, 0.29) is 6.04 Å². The third kappa shape index (κ3) is 1.81. The molecule has 1 aromatic heterocycles. The van der Waals surface area contributed by atoms with Gasteiger partial charge in [-0.05, 0) is 49.8 Å². The highest BCUT2D eigenvalue weighted by molar-refractivity contribution is 6.03. The van der Waals surface area contributed by atoms with Gasteiger partial charge in [0.25, 0.3) is 5.91 Å². The largest absolute Gasteiger partial charge is 0.439 e. The van der Waals surface area contributed by atoms with E-state index in [1.54, 1.807) is 12.1 Å². The van der Waals surface area contributed by atoms with Gasteiger partial charge in [-0.2, -0.15) is 0 Å². The van der Waals surface area contributed by atoms with Gasteiger partial charge >= 0.3 is 0 Å². The van der Waals surface area contributed by atoms with Gasteiger partial charge in [-0.15, -0.1) is 0 Å². The van der Waals surface area contributed by atoms with Crippen molar-refractivity contribution < 1.29 is 9.21 Å². The minimum Gasteiger partial charge on any atom is -0.439 e. The second-order valence-corrected chi connectivity index (χ2v) is 6.03. The Kier molecular flexibility index (Phi) is 2.41.